The highest BCUT2D eigenvalue weighted by atomic mass is 16.7. The molecule has 0 aliphatic heterocycles. The van der Waals surface area contributed by atoms with Crippen LogP contribution in [0.1, 0.15) is 0 Å². The lowest BCUT2D eigenvalue weighted by Gasteiger charge is -1.99. The van der Waals surface area contributed by atoms with Gasteiger partial charge in [-0.1, -0.05) is 0 Å². The van der Waals surface area contributed by atoms with Gasteiger partial charge in [0, 0.05) is 12.1 Å². The minimum absolute atomic E-state index is 0.388. The number of nitrogens with zero attached hydrogens (tertiary/aromatic N) is 2. The van der Waals surface area contributed by atoms with E-state index >= 15 is 0 Å². The molecule has 0 spiro atoms. The number of hydrogen-bond donors (Lipinski definition) is 0. The van der Waals surface area contributed by atoms with Gasteiger partial charge in [0.1, 0.15) is 12.9 Å². The second-order valence-corrected chi connectivity index (χ2v) is 2.24. The molecular weight excluding hydrogens is 172 g/mol. The van der Waals surface area contributed by atoms with E-state index < -0.39 is 0 Å². The van der Waals surface area contributed by atoms with Crippen LogP contribution in [0.5, 0.6) is 5.75 Å². The molecule has 0 heterocycles. The predicted molar refractivity (Wildman–Crippen MR) is 45.7 cm³/mol. The van der Waals surface area contributed by atoms with Crippen LogP contribution in [0.2, 0.25) is 0 Å². The maximum atomic E-state index is 11.0. The first-order valence-electron chi connectivity index (χ1n) is 3.63. The van der Waals surface area contributed by atoms with E-state index in [4.69, 9.17) is 4.74 Å². The Balaban J connectivity index is 2.85. The Kier molecular flexibility index (Phi) is 3.08. The SMILES string of the molecule is CO/N=[N+](\[O-])c1ccc(OC)cc1. The second kappa shape index (κ2) is 4.30. The molecule has 1 aromatic rings. The first-order valence-corrected chi connectivity index (χ1v) is 3.63. The van der Waals surface area contributed by atoms with Crippen molar-refractivity contribution in [3.8, 4) is 5.75 Å². The quantitative estimate of drug-likeness (QED) is 0.407. The molecule has 70 valence electrons. The molecule has 0 aliphatic rings. The number of rotatable bonds is 3. The Bertz CT molecular complexity index is 295. The van der Waals surface area contributed by atoms with Crippen molar-refractivity contribution in [2.75, 3.05) is 14.2 Å². The van der Waals surface area contributed by atoms with E-state index in [-0.39, 0.29) is 0 Å². The standard InChI is InChI=1S/C8H10N2O3/c1-12-8-5-3-7(4-6-8)10(11)9-13-2/h3-6H,1-2H3/b10-9-. The molecule has 5 nitrogen and oxygen atoms in total. The summed E-state index contributed by atoms with van der Waals surface area (Å²) in [4.78, 5) is 4.71. The average Bonchev–Trinajstić information content (AvgIpc) is 2.18. The van der Waals surface area contributed by atoms with E-state index in [0.717, 1.165) is 0 Å². The Morgan fingerprint density at radius 1 is 1.23 bits per heavy atom. The van der Waals surface area contributed by atoms with Gasteiger partial charge < -0.3 is 14.8 Å². The van der Waals surface area contributed by atoms with Crippen LogP contribution in [0.25, 0.3) is 0 Å². The van der Waals surface area contributed by atoms with Crippen molar-refractivity contribution in [3.05, 3.63) is 29.5 Å². The van der Waals surface area contributed by atoms with Gasteiger partial charge in [0.25, 0.3) is 0 Å². The molecule has 0 fully saturated rings. The van der Waals surface area contributed by atoms with Crippen LogP contribution in [-0.2, 0) is 4.84 Å². The molecule has 0 unspecified atom stereocenters. The first-order chi connectivity index (χ1) is 6.27. The summed E-state index contributed by atoms with van der Waals surface area (Å²) >= 11 is 0. The molecule has 1 aromatic carbocycles. The molecule has 0 bridgehead atoms. The Morgan fingerprint density at radius 3 is 2.31 bits per heavy atom. The van der Waals surface area contributed by atoms with Crippen molar-refractivity contribution in [1.82, 2.24) is 0 Å². The minimum atomic E-state index is 0.388. The third-order valence-electron chi connectivity index (χ3n) is 1.45. The summed E-state index contributed by atoms with van der Waals surface area (Å²) < 4.78 is 4.93. The van der Waals surface area contributed by atoms with E-state index in [0.29, 0.717) is 16.3 Å². The van der Waals surface area contributed by atoms with Crippen molar-refractivity contribution < 1.29 is 14.4 Å². The van der Waals surface area contributed by atoms with Crippen LogP contribution in [0.3, 0.4) is 0 Å². The smallest absolute Gasteiger partial charge is 0.248 e. The van der Waals surface area contributed by atoms with Gasteiger partial charge in [0.15, 0.2) is 0 Å². The van der Waals surface area contributed by atoms with Gasteiger partial charge in [-0.2, -0.15) is 0 Å². The lowest BCUT2D eigenvalue weighted by atomic mass is 10.3. The second-order valence-electron chi connectivity index (χ2n) is 2.24. The average molecular weight is 182 g/mol. The highest BCUT2D eigenvalue weighted by Gasteiger charge is 2.02. The fourth-order valence-electron chi connectivity index (χ4n) is 0.831. The van der Waals surface area contributed by atoms with Gasteiger partial charge in [-0.25, -0.2) is 0 Å². The van der Waals surface area contributed by atoms with E-state index in [9.17, 15) is 5.21 Å². The molecule has 0 radical (unpaired) electrons. The van der Waals surface area contributed by atoms with Crippen LogP contribution in [-0.4, -0.2) is 19.1 Å². The zero-order chi connectivity index (χ0) is 9.68. The van der Waals surface area contributed by atoms with Gasteiger partial charge in [0.05, 0.1) is 7.11 Å². The number of methoxy groups -OCH3 is 1. The first kappa shape index (κ1) is 9.31. The van der Waals surface area contributed by atoms with Crippen LogP contribution >= 0.6 is 0 Å². The summed E-state index contributed by atoms with van der Waals surface area (Å²) in [5.41, 5.74) is 0.391. The van der Waals surface area contributed by atoms with Crippen molar-refractivity contribution >= 4 is 5.69 Å². The summed E-state index contributed by atoms with van der Waals surface area (Å²) in [6.07, 6.45) is 0. The van der Waals surface area contributed by atoms with Gasteiger partial charge in [-0.05, 0) is 17.0 Å². The van der Waals surface area contributed by atoms with Gasteiger partial charge >= 0.3 is 0 Å². The highest BCUT2D eigenvalue weighted by molar-refractivity contribution is 5.35. The molecule has 0 aromatic heterocycles. The maximum Gasteiger partial charge on any atom is 0.248 e. The fourth-order valence-corrected chi connectivity index (χ4v) is 0.831. The molecule has 0 N–H and O–H groups in total. The van der Waals surface area contributed by atoms with E-state index in [1.54, 1.807) is 31.4 Å². The summed E-state index contributed by atoms with van der Waals surface area (Å²) in [7, 11) is 2.87. The van der Waals surface area contributed by atoms with Crippen LogP contribution in [0.15, 0.2) is 29.5 Å². The number of ether oxygens (including phenoxy) is 1. The van der Waals surface area contributed by atoms with Crippen molar-refractivity contribution in [2.45, 2.75) is 0 Å². The van der Waals surface area contributed by atoms with Gasteiger partial charge in [0.2, 0.25) is 11.0 Å². The van der Waals surface area contributed by atoms with Crippen LogP contribution in [0, 0.1) is 5.21 Å². The third-order valence-corrected chi connectivity index (χ3v) is 1.45. The van der Waals surface area contributed by atoms with E-state index in [2.05, 4.69) is 10.1 Å². The molecule has 1 rings (SSSR count). The summed E-state index contributed by atoms with van der Waals surface area (Å²) in [6.45, 7) is 0. The van der Waals surface area contributed by atoms with Crippen molar-refractivity contribution in [1.29, 1.82) is 0 Å². The number of benzene rings is 1. The lowest BCUT2D eigenvalue weighted by molar-refractivity contribution is -0.476. The molecular formula is C8H10N2O3. The van der Waals surface area contributed by atoms with E-state index in [1.807, 2.05) is 0 Å². The molecule has 5 heteroatoms. The molecule has 0 saturated heterocycles. The van der Waals surface area contributed by atoms with Crippen LogP contribution in [0.4, 0.5) is 5.69 Å². The predicted octanol–water partition coefficient (Wildman–Crippen LogP) is 1.85. The minimum Gasteiger partial charge on any atom is -0.592 e. The summed E-state index contributed by atoms with van der Waals surface area (Å²) in [5, 5.41) is 14.2. The lowest BCUT2D eigenvalue weighted by Crippen LogP contribution is -1.91. The Morgan fingerprint density at radius 2 is 1.85 bits per heavy atom. The molecule has 0 amide bonds. The van der Waals surface area contributed by atoms with Gasteiger partial charge in [-0.3, -0.25) is 0 Å². The normalized spacial score (nSPS) is 11.1. The summed E-state index contributed by atoms with van der Waals surface area (Å²) in [6, 6.07) is 6.53. The largest absolute Gasteiger partial charge is 0.592 e. The Hall–Kier alpha value is -1.78. The third kappa shape index (κ3) is 2.33. The Labute approximate surface area is 75.7 Å². The highest BCUT2D eigenvalue weighted by Crippen LogP contribution is 2.17. The summed E-state index contributed by atoms with van der Waals surface area (Å²) in [5.74, 6) is 0.689. The van der Waals surface area contributed by atoms with Crippen molar-refractivity contribution in [2.24, 2.45) is 5.28 Å². The molecule has 0 saturated carbocycles. The van der Waals surface area contributed by atoms with E-state index in [1.165, 1.54) is 7.11 Å². The van der Waals surface area contributed by atoms with Crippen molar-refractivity contribution in [3.63, 3.8) is 0 Å². The zero-order valence-electron chi connectivity index (χ0n) is 7.43. The molecule has 0 atom stereocenters. The molecule has 0 aliphatic carbocycles. The maximum absolute atomic E-state index is 11.0. The van der Waals surface area contributed by atoms with Crippen LogP contribution < -0.4 is 4.74 Å². The number of hydrogen-bond acceptors (Lipinski definition) is 4. The fraction of sp³-hybridized carbons (Fsp3) is 0.250. The monoisotopic (exact) mass is 182 g/mol. The zero-order valence-corrected chi connectivity index (χ0v) is 7.43. The van der Waals surface area contributed by atoms with Gasteiger partial charge in [-0.15, -0.1) is 0 Å². The topological polar surface area (TPSA) is 56.9 Å². The molecule has 13 heavy (non-hydrogen) atoms.